The molecule has 0 spiro atoms. The number of hydrogen-bond donors (Lipinski definition) is 1. The van der Waals surface area contributed by atoms with Crippen molar-refractivity contribution in [1.29, 1.82) is 0 Å². The molecule has 102 valence electrons. The average Bonchev–Trinajstić information content (AvgIpc) is 2.92. The fourth-order valence-corrected chi connectivity index (χ4v) is 1.91. The molecule has 7 nitrogen and oxygen atoms in total. The minimum absolute atomic E-state index is 0.639. The number of nitrogens with one attached hydrogen (secondary N) is 1. The molecule has 2 aromatic heterocycles. The number of nitrogens with zero attached hydrogens (tertiary/aromatic N) is 5. The van der Waals surface area contributed by atoms with Gasteiger partial charge in [-0.1, -0.05) is 5.21 Å². The first kappa shape index (κ1) is 12.3. The smallest absolute Gasteiger partial charge is 0.183 e. The summed E-state index contributed by atoms with van der Waals surface area (Å²) in [6, 6.07) is 7.58. The van der Waals surface area contributed by atoms with E-state index in [-0.39, 0.29) is 0 Å². The van der Waals surface area contributed by atoms with Crippen LogP contribution >= 0.6 is 0 Å². The Morgan fingerprint density at radius 1 is 1.20 bits per heavy atom. The lowest BCUT2D eigenvalue weighted by molar-refractivity contribution is 0.415. The van der Waals surface area contributed by atoms with Crippen LogP contribution in [0.25, 0.3) is 11.2 Å². The van der Waals surface area contributed by atoms with E-state index in [4.69, 9.17) is 4.74 Å². The van der Waals surface area contributed by atoms with Crippen LogP contribution in [0.4, 0.5) is 11.5 Å². The monoisotopic (exact) mass is 270 g/mol. The van der Waals surface area contributed by atoms with E-state index in [0.717, 1.165) is 23.6 Å². The van der Waals surface area contributed by atoms with Crippen molar-refractivity contribution in [2.45, 2.75) is 13.5 Å². The van der Waals surface area contributed by atoms with E-state index in [1.807, 2.05) is 31.2 Å². The largest absolute Gasteiger partial charge is 0.497 e. The number of aryl methyl sites for hydroxylation is 1. The van der Waals surface area contributed by atoms with Crippen LogP contribution in [0, 0.1) is 0 Å². The molecule has 0 saturated heterocycles. The summed E-state index contributed by atoms with van der Waals surface area (Å²) in [6.07, 6.45) is 1.50. The highest BCUT2D eigenvalue weighted by Gasteiger charge is 2.10. The number of aromatic nitrogens is 5. The van der Waals surface area contributed by atoms with Gasteiger partial charge in [-0.2, -0.15) is 0 Å². The first-order valence-corrected chi connectivity index (χ1v) is 6.27. The van der Waals surface area contributed by atoms with Crippen LogP contribution in [0.1, 0.15) is 6.92 Å². The van der Waals surface area contributed by atoms with Crippen LogP contribution < -0.4 is 10.1 Å². The Morgan fingerprint density at radius 3 is 2.70 bits per heavy atom. The molecule has 0 aliphatic carbocycles. The topological polar surface area (TPSA) is 77.8 Å². The summed E-state index contributed by atoms with van der Waals surface area (Å²) in [7, 11) is 1.64. The number of fused-ring (bicyclic) bond motifs is 1. The molecule has 0 aliphatic heterocycles. The van der Waals surface area contributed by atoms with Gasteiger partial charge in [0.1, 0.15) is 12.1 Å². The van der Waals surface area contributed by atoms with Gasteiger partial charge in [0.2, 0.25) is 0 Å². The predicted octanol–water partition coefficient (Wildman–Crippen LogP) is 1.99. The van der Waals surface area contributed by atoms with Crippen molar-refractivity contribution in [2.75, 3.05) is 12.4 Å². The molecule has 3 aromatic rings. The van der Waals surface area contributed by atoms with Gasteiger partial charge < -0.3 is 10.1 Å². The Hall–Kier alpha value is -2.70. The number of methoxy groups -OCH3 is 1. The summed E-state index contributed by atoms with van der Waals surface area (Å²) >= 11 is 0. The number of hydrogen-bond acceptors (Lipinski definition) is 6. The first-order valence-electron chi connectivity index (χ1n) is 6.27. The third-order valence-electron chi connectivity index (χ3n) is 2.95. The van der Waals surface area contributed by atoms with Crippen molar-refractivity contribution in [1.82, 2.24) is 25.0 Å². The lowest BCUT2D eigenvalue weighted by Gasteiger charge is -2.06. The maximum Gasteiger partial charge on any atom is 0.183 e. The number of benzene rings is 1. The zero-order valence-corrected chi connectivity index (χ0v) is 11.2. The molecule has 1 aromatic carbocycles. The maximum absolute atomic E-state index is 5.13. The van der Waals surface area contributed by atoms with Gasteiger partial charge in [-0.25, -0.2) is 14.6 Å². The average molecular weight is 270 g/mol. The van der Waals surface area contributed by atoms with Crippen LogP contribution in [-0.4, -0.2) is 32.1 Å². The van der Waals surface area contributed by atoms with Crippen LogP contribution in [0.3, 0.4) is 0 Å². The summed E-state index contributed by atoms with van der Waals surface area (Å²) in [6.45, 7) is 2.71. The molecule has 0 unspecified atom stereocenters. The zero-order chi connectivity index (χ0) is 13.9. The summed E-state index contributed by atoms with van der Waals surface area (Å²) in [5, 5.41) is 11.4. The fraction of sp³-hybridized carbons (Fsp3) is 0.231. The summed E-state index contributed by atoms with van der Waals surface area (Å²) in [5.41, 5.74) is 2.28. The normalized spacial score (nSPS) is 10.7. The van der Waals surface area contributed by atoms with Crippen LogP contribution in [-0.2, 0) is 6.54 Å². The second-order valence-electron chi connectivity index (χ2n) is 4.15. The van der Waals surface area contributed by atoms with Gasteiger partial charge in [-0.15, -0.1) is 5.10 Å². The molecule has 1 N–H and O–H groups in total. The molecule has 0 radical (unpaired) electrons. The van der Waals surface area contributed by atoms with E-state index in [1.165, 1.54) is 6.33 Å². The molecule has 0 atom stereocenters. The van der Waals surface area contributed by atoms with Crippen molar-refractivity contribution in [3.05, 3.63) is 30.6 Å². The minimum atomic E-state index is 0.639. The van der Waals surface area contributed by atoms with Gasteiger partial charge in [0.25, 0.3) is 0 Å². The molecule has 3 rings (SSSR count). The molecule has 0 saturated carbocycles. The first-order chi connectivity index (χ1) is 9.81. The summed E-state index contributed by atoms with van der Waals surface area (Å²) in [5.74, 6) is 1.44. The third-order valence-corrected chi connectivity index (χ3v) is 2.95. The molecule has 2 heterocycles. The Bertz CT molecular complexity index is 721. The standard InChI is InChI=1S/C13H14N6O/c1-3-19-13-11(17-18-19)12(14-8-15-13)16-9-4-6-10(20-2)7-5-9/h4-8H,3H2,1-2H3,(H,14,15,16). The van der Waals surface area contributed by atoms with Gasteiger partial charge in [0.05, 0.1) is 7.11 Å². The summed E-state index contributed by atoms with van der Waals surface area (Å²) < 4.78 is 6.86. The van der Waals surface area contributed by atoms with Gasteiger partial charge in [0, 0.05) is 12.2 Å². The molecule has 0 amide bonds. The van der Waals surface area contributed by atoms with Crippen molar-refractivity contribution < 1.29 is 4.74 Å². The Balaban J connectivity index is 1.95. The molecule has 0 bridgehead atoms. The maximum atomic E-state index is 5.13. The van der Waals surface area contributed by atoms with Crippen LogP contribution in [0.15, 0.2) is 30.6 Å². The lowest BCUT2D eigenvalue weighted by atomic mass is 10.3. The fourth-order valence-electron chi connectivity index (χ4n) is 1.91. The van der Waals surface area contributed by atoms with E-state index in [1.54, 1.807) is 11.8 Å². The van der Waals surface area contributed by atoms with Crippen LogP contribution in [0.2, 0.25) is 0 Å². The molecule has 0 aliphatic rings. The number of ether oxygens (including phenoxy) is 1. The van der Waals surface area contributed by atoms with Crippen LogP contribution in [0.5, 0.6) is 5.75 Å². The molecule has 20 heavy (non-hydrogen) atoms. The highest BCUT2D eigenvalue weighted by atomic mass is 16.5. The second kappa shape index (κ2) is 5.12. The van der Waals surface area contributed by atoms with Gasteiger partial charge >= 0.3 is 0 Å². The summed E-state index contributed by atoms with van der Waals surface area (Å²) in [4.78, 5) is 8.43. The lowest BCUT2D eigenvalue weighted by Crippen LogP contribution is -1.99. The van der Waals surface area contributed by atoms with E-state index < -0.39 is 0 Å². The van der Waals surface area contributed by atoms with E-state index in [9.17, 15) is 0 Å². The van der Waals surface area contributed by atoms with Crippen molar-refractivity contribution in [2.24, 2.45) is 0 Å². The van der Waals surface area contributed by atoms with E-state index >= 15 is 0 Å². The minimum Gasteiger partial charge on any atom is -0.497 e. The van der Waals surface area contributed by atoms with E-state index in [0.29, 0.717) is 11.3 Å². The van der Waals surface area contributed by atoms with Gasteiger partial charge in [0.15, 0.2) is 17.0 Å². The third kappa shape index (κ3) is 2.13. The second-order valence-corrected chi connectivity index (χ2v) is 4.15. The Labute approximate surface area is 115 Å². The highest BCUT2D eigenvalue weighted by molar-refractivity contribution is 5.84. The SMILES string of the molecule is CCn1nnc2c(Nc3ccc(OC)cc3)ncnc21. The van der Waals surface area contributed by atoms with Crippen molar-refractivity contribution in [3.63, 3.8) is 0 Å². The predicted molar refractivity (Wildman–Crippen MR) is 75.1 cm³/mol. The van der Waals surface area contributed by atoms with Crippen molar-refractivity contribution >= 4 is 22.7 Å². The Morgan fingerprint density at radius 2 is 2.00 bits per heavy atom. The van der Waals surface area contributed by atoms with Crippen molar-refractivity contribution in [3.8, 4) is 5.75 Å². The Kier molecular flexibility index (Phi) is 3.16. The quantitative estimate of drug-likeness (QED) is 0.781. The molecular formula is C13H14N6O. The molecular weight excluding hydrogens is 256 g/mol. The van der Waals surface area contributed by atoms with E-state index in [2.05, 4.69) is 25.6 Å². The zero-order valence-electron chi connectivity index (χ0n) is 11.2. The highest BCUT2D eigenvalue weighted by Crippen LogP contribution is 2.22. The van der Waals surface area contributed by atoms with Gasteiger partial charge in [-0.05, 0) is 31.2 Å². The molecule has 0 fully saturated rings. The van der Waals surface area contributed by atoms with Gasteiger partial charge in [-0.3, -0.25) is 0 Å². The number of anilines is 2. The molecule has 7 heteroatoms. The number of rotatable bonds is 4.